The fraction of sp³-hybridized carbons (Fsp3) is 0.941. The van der Waals surface area contributed by atoms with Gasteiger partial charge < -0.3 is 19.2 Å². The lowest BCUT2D eigenvalue weighted by molar-refractivity contribution is 0.00601. The van der Waals surface area contributed by atoms with Crippen molar-refractivity contribution < 1.29 is 18.7 Å². The van der Waals surface area contributed by atoms with Crippen LogP contribution in [0.2, 0.25) is 18.1 Å². The van der Waals surface area contributed by atoms with Crippen LogP contribution in [0.15, 0.2) is 0 Å². The second kappa shape index (κ2) is 7.53. The topological polar surface area (TPSA) is 56.8 Å². The van der Waals surface area contributed by atoms with E-state index in [0.29, 0.717) is 13.2 Å². The maximum absolute atomic E-state index is 12.0. The summed E-state index contributed by atoms with van der Waals surface area (Å²) in [6, 6.07) is -0.0524. The minimum Gasteiger partial charge on any atom is -0.444 e. The lowest BCUT2D eigenvalue weighted by Crippen LogP contribution is -2.51. The van der Waals surface area contributed by atoms with E-state index in [0.717, 1.165) is 13.0 Å². The van der Waals surface area contributed by atoms with Gasteiger partial charge in [-0.2, -0.15) is 0 Å². The number of rotatable bonds is 4. The van der Waals surface area contributed by atoms with Crippen LogP contribution in [0, 0.1) is 5.92 Å². The van der Waals surface area contributed by atoms with Gasteiger partial charge >= 0.3 is 6.09 Å². The summed E-state index contributed by atoms with van der Waals surface area (Å²) in [6.45, 7) is 18.7. The Balaban J connectivity index is 2.60. The quantitative estimate of drug-likeness (QED) is 0.784. The molecule has 0 aromatic rings. The summed E-state index contributed by atoms with van der Waals surface area (Å²) < 4.78 is 17.2. The Morgan fingerprint density at radius 3 is 2.35 bits per heavy atom. The summed E-state index contributed by atoms with van der Waals surface area (Å²) in [5, 5.41) is 3.14. The fourth-order valence-electron chi connectivity index (χ4n) is 2.13. The van der Waals surface area contributed by atoms with E-state index in [2.05, 4.69) is 39.2 Å². The number of carbonyl (C=O) groups excluding carboxylic acids is 1. The molecule has 2 atom stereocenters. The van der Waals surface area contributed by atoms with Crippen LogP contribution in [0.4, 0.5) is 4.79 Å². The smallest absolute Gasteiger partial charge is 0.407 e. The minimum absolute atomic E-state index is 0.0524. The molecule has 1 aliphatic rings. The molecule has 1 aliphatic heterocycles. The lowest BCUT2D eigenvalue weighted by atomic mass is 9.96. The third kappa shape index (κ3) is 6.81. The fourth-order valence-corrected chi connectivity index (χ4v) is 3.20. The molecular formula is C17H35NO4Si. The second-order valence-corrected chi connectivity index (χ2v) is 13.8. The van der Waals surface area contributed by atoms with Gasteiger partial charge in [0.15, 0.2) is 8.32 Å². The zero-order chi connectivity index (χ0) is 17.9. The molecule has 1 fully saturated rings. The Bertz CT molecular complexity index is 398. The summed E-state index contributed by atoms with van der Waals surface area (Å²) in [7, 11) is -1.78. The van der Waals surface area contributed by atoms with Gasteiger partial charge in [0.25, 0.3) is 0 Å². The van der Waals surface area contributed by atoms with Crippen LogP contribution < -0.4 is 5.32 Å². The van der Waals surface area contributed by atoms with E-state index in [9.17, 15) is 4.79 Å². The molecular weight excluding hydrogens is 310 g/mol. The number of ether oxygens (including phenoxy) is 2. The maximum atomic E-state index is 12.0. The summed E-state index contributed by atoms with van der Waals surface area (Å²) >= 11 is 0. The molecule has 1 saturated heterocycles. The highest BCUT2D eigenvalue weighted by Crippen LogP contribution is 2.37. The van der Waals surface area contributed by atoms with E-state index < -0.39 is 13.9 Å². The van der Waals surface area contributed by atoms with Crippen LogP contribution >= 0.6 is 0 Å². The van der Waals surface area contributed by atoms with Crippen LogP contribution in [0.3, 0.4) is 0 Å². The molecule has 1 unspecified atom stereocenters. The van der Waals surface area contributed by atoms with Crippen molar-refractivity contribution in [1.82, 2.24) is 5.32 Å². The average Bonchev–Trinajstić information content (AvgIpc) is 2.34. The highest BCUT2D eigenvalue weighted by molar-refractivity contribution is 6.74. The Labute approximate surface area is 142 Å². The van der Waals surface area contributed by atoms with Gasteiger partial charge in [-0.25, -0.2) is 4.79 Å². The average molecular weight is 346 g/mol. The van der Waals surface area contributed by atoms with E-state index in [4.69, 9.17) is 13.9 Å². The molecule has 0 saturated carbocycles. The molecule has 6 heteroatoms. The molecule has 0 aromatic heterocycles. The van der Waals surface area contributed by atoms with Gasteiger partial charge in [0, 0.05) is 19.1 Å². The number of hydrogen-bond donors (Lipinski definition) is 1. The molecule has 1 rings (SSSR count). The predicted octanol–water partition coefficient (Wildman–Crippen LogP) is 3.94. The van der Waals surface area contributed by atoms with Crippen molar-refractivity contribution in [1.29, 1.82) is 0 Å². The first-order valence-electron chi connectivity index (χ1n) is 8.53. The zero-order valence-corrected chi connectivity index (χ0v) is 17.1. The number of hydrogen-bond acceptors (Lipinski definition) is 4. The third-order valence-corrected chi connectivity index (χ3v) is 9.17. The van der Waals surface area contributed by atoms with E-state index in [1.54, 1.807) is 0 Å². The van der Waals surface area contributed by atoms with Crippen LogP contribution in [-0.2, 0) is 13.9 Å². The Morgan fingerprint density at radius 2 is 1.83 bits per heavy atom. The van der Waals surface area contributed by atoms with Crippen molar-refractivity contribution in [3.05, 3.63) is 0 Å². The zero-order valence-electron chi connectivity index (χ0n) is 16.1. The molecule has 23 heavy (non-hydrogen) atoms. The van der Waals surface area contributed by atoms with E-state index in [1.807, 2.05) is 20.8 Å². The normalized spacial score (nSPS) is 23.5. The first-order chi connectivity index (χ1) is 10.3. The molecule has 1 heterocycles. The van der Waals surface area contributed by atoms with Crippen molar-refractivity contribution in [3.8, 4) is 0 Å². The highest BCUT2D eigenvalue weighted by Gasteiger charge is 2.39. The van der Waals surface area contributed by atoms with Crippen LogP contribution in [0.1, 0.15) is 48.0 Å². The largest absolute Gasteiger partial charge is 0.444 e. The molecule has 0 radical (unpaired) electrons. The first kappa shape index (κ1) is 20.5. The number of carbonyl (C=O) groups is 1. The predicted molar refractivity (Wildman–Crippen MR) is 95.2 cm³/mol. The maximum Gasteiger partial charge on any atom is 0.407 e. The van der Waals surface area contributed by atoms with Gasteiger partial charge in [-0.05, 0) is 45.3 Å². The molecule has 0 spiro atoms. The monoisotopic (exact) mass is 345 g/mol. The van der Waals surface area contributed by atoms with Crippen molar-refractivity contribution in [3.63, 3.8) is 0 Å². The van der Waals surface area contributed by atoms with Crippen molar-refractivity contribution in [2.24, 2.45) is 5.92 Å². The molecule has 0 aromatic carbocycles. The molecule has 0 aliphatic carbocycles. The van der Waals surface area contributed by atoms with Gasteiger partial charge in [0.1, 0.15) is 5.60 Å². The lowest BCUT2D eigenvalue weighted by Gasteiger charge is -2.39. The van der Waals surface area contributed by atoms with Gasteiger partial charge in [-0.1, -0.05) is 20.8 Å². The Hall–Kier alpha value is -0.593. The summed E-state index contributed by atoms with van der Waals surface area (Å²) in [4.78, 5) is 12.0. The van der Waals surface area contributed by atoms with E-state index >= 15 is 0 Å². The first-order valence-corrected chi connectivity index (χ1v) is 11.4. The minimum atomic E-state index is -1.78. The molecule has 136 valence electrons. The molecule has 1 N–H and O–H groups in total. The van der Waals surface area contributed by atoms with Crippen LogP contribution in [0.25, 0.3) is 0 Å². The SMILES string of the molecule is CC(C)(C)OC(=O)N[C@@H]1COCCC1CO[Si](C)(C)C(C)(C)C. The Kier molecular flexibility index (Phi) is 6.70. The standard InChI is InChI=1S/C17H35NO4Si/c1-16(2,3)22-15(19)18-14-12-20-10-9-13(14)11-21-23(7,8)17(4,5)6/h13-14H,9-12H2,1-8H3,(H,18,19)/t13?,14-/m1/s1. The number of alkyl carbamates (subject to hydrolysis) is 1. The second-order valence-electron chi connectivity index (χ2n) is 8.95. The van der Waals surface area contributed by atoms with Gasteiger partial charge in [-0.15, -0.1) is 0 Å². The highest BCUT2D eigenvalue weighted by atomic mass is 28.4. The molecule has 0 bridgehead atoms. The summed E-state index contributed by atoms with van der Waals surface area (Å²) in [5.41, 5.74) is -0.493. The molecule has 1 amide bonds. The summed E-state index contributed by atoms with van der Waals surface area (Å²) in [6.07, 6.45) is 0.514. The van der Waals surface area contributed by atoms with Gasteiger partial charge in [-0.3, -0.25) is 0 Å². The number of nitrogens with one attached hydrogen (secondary N) is 1. The van der Waals surface area contributed by atoms with Crippen molar-refractivity contribution in [2.45, 2.75) is 77.7 Å². The van der Waals surface area contributed by atoms with Crippen LogP contribution in [-0.4, -0.2) is 45.9 Å². The van der Waals surface area contributed by atoms with Crippen LogP contribution in [0.5, 0.6) is 0 Å². The Morgan fingerprint density at radius 1 is 1.22 bits per heavy atom. The third-order valence-electron chi connectivity index (χ3n) is 4.67. The van der Waals surface area contributed by atoms with E-state index in [1.165, 1.54) is 0 Å². The number of amides is 1. The van der Waals surface area contributed by atoms with Crippen molar-refractivity contribution >= 4 is 14.4 Å². The van der Waals surface area contributed by atoms with Crippen molar-refractivity contribution in [2.75, 3.05) is 19.8 Å². The summed E-state index contributed by atoms with van der Waals surface area (Å²) in [5.74, 6) is 0.269. The molecule has 5 nitrogen and oxygen atoms in total. The van der Waals surface area contributed by atoms with Gasteiger partial charge in [0.05, 0.1) is 12.6 Å². The van der Waals surface area contributed by atoms with E-state index in [-0.39, 0.29) is 23.1 Å². The van der Waals surface area contributed by atoms with Gasteiger partial charge in [0.2, 0.25) is 0 Å².